The van der Waals surface area contributed by atoms with Gasteiger partial charge >= 0.3 is 0 Å². The fourth-order valence-electron chi connectivity index (χ4n) is 1.70. The zero-order valence-corrected chi connectivity index (χ0v) is 9.53. The average molecular weight is 250 g/mol. The van der Waals surface area contributed by atoms with Crippen molar-refractivity contribution in [3.8, 4) is 5.75 Å². The molecule has 1 fully saturated rings. The second-order valence-corrected chi connectivity index (χ2v) is 3.67. The lowest BCUT2D eigenvalue weighted by Gasteiger charge is -2.23. The van der Waals surface area contributed by atoms with E-state index in [1.54, 1.807) is 0 Å². The van der Waals surface area contributed by atoms with E-state index in [9.17, 15) is 8.78 Å². The minimum absolute atomic E-state index is 0. The van der Waals surface area contributed by atoms with E-state index < -0.39 is 11.6 Å². The van der Waals surface area contributed by atoms with Gasteiger partial charge in [0.15, 0.2) is 0 Å². The van der Waals surface area contributed by atoms with Crippen molar-refractivity contribution >= 4 is 12.4 Å². The Bertz CT molecular complexity index is 323. The molecule has 0 amide bonds. The maximum absolute atomic E-state index is 12.8. The lowest BCUT2D eigenvalue weighted by Crippen LogP contribution is -2.34. The molecule has 2 rings (SSSR count). The summed E-state index contributed by atoms with van der Waals surface area (Å²) in [7, 11) is 0. The monoisotopic (exact) mass is 249 g/mol. The largest absolute Gasteiger partial charge is 0.490 e. The van der Waals surface area contributed by atoms with Gasteiger partial charge in [0.25, 0.3) is 0 Å². The van der Waals surface area contributed by atoms with Gasteiger partial charge in [-0.15, -0.1) is 12.4 Å². The van der Waals surface area contributed by atoms with Crippen LogP contribution in [0, 0.1) is 11.6 Å². The number of halogens is 3. The van der Waals surface area contributed by atoms with Gasteiger partial charge in [0.05, 0.1) is 0 Å². The number of rotatable bonds is 2. The second-order valence-electron chi connectivity index (χ2n) is 3.67. The van der Waals surface area contributed by atoms with Crippen molar-refractivity contribution in [3.63, 3.8) is 0 Å². The van der Waals surface area contributed by atoms with Crippen LogP contribution in [0.3, 0.4) is 0 Å². The Morgan fingerprint density at radius 1 is 1.06 bits per heavy atom. The maximum Gasteiger partial charge on any atom is 0.129 e. The summed E-state index contributed by atoms with van der Waals surface area (Å²) in [5, 5.41) is 3.20. The molecule has 0 bridgehead atoms. The van der Waals surface area contributed by atoms with Gasteiger partial charge in [0.1, 0.15) is 23.5 Å². The first-order valence-corrected chi connectivity index (χ1v) is 5.07. The predicted molar refractivity (Wildman–Crippen MR) is 60.1 cm³/mol. The van der Waals surface area contributed by atoms with Gasteiger partial charge in [-0.1, -0.05) is 0 Å². The van der Waals surface area contributed by atoms with E-state index in [1.165, 1.54) is 12.1 Å². The van der Waals surface area contributed by atoms with Crippen LogP contribution >= 0.6 is 12.4 Å². The van der Waals surface area contributed by atoms with Crippen molar-refractivity contribution in [2.24, 2.45) is 0 Å². The van der Waals surface area contributed by atoms with Gasteiger partial charge in [-0.25, -0.2) is 8.78 Å². The zero-order valence-electron chi connectivity index (χ0n) is 8.71. The summed E-state index contributed by atoms with van der Waals surface area (Å²) in [5.74, 6) is -0.919. The molecule has 16 heavy (non-hydrogen) atoms. The molecule has 0 aliphatic carbocycles. The molecular formula is C11H14ClF2NO. The van der Waals surface area contributed by atoms with Crippen LogP contribution in [-0.2, 0) is 0 Å². The quantitative estimate of drug-likeness (QED) is 0.870. The Balaban J connectivity index is 0.00000128. The molecule has 1 aromatic rings. The van der Waals surface area contributed by atoms with Crippen LogP contribution in [0.5, 0.6) is 5.75 Å². The molecule has 1 N–H and O–H groups in total. The second kappa shape index (κ2) is 6.01. The van der Waals surface area contributed by atoms with E-state index in [-0.39, 0.29) is 24.3 Å². The molecule has 1 heterocycles. The molecule has 90 valence electrons. The number of nitrogens with one attached hydrogen (secondary N) is 1. The van der Waals surface area contributed by atoms with Crippen LogP contribution in [0.1, 0.15) is 12.8 Å². The predicted octanol–water partition coefficient (Wildman–Crippen LogP) is 2.52. The molecule has 1 saturated heterocycles. The van der Waals surface area contributed by atoms with Crippen LogP contribution in [-0.4, -0.2) is 19.2 Å². The molecule has 0 radical (unpaired) electrons. The van der Waals surface area contributed by atoms with Gasteiger partial charge in [0.2, 0.25) is 0 Å². The van der Waals surface area contributed by atoms with Gasteiger partial charge in [-0.2, -0.15) is 0 Å². The Morgan fingerprint density at radius 3 is 2.19 bits per heavy atom. The van der Waals surface area contributed by atoms with Crippen LogP contribution in [0.15, 0.2) is 18.2 Å². The summed E-state index contributed by atoms with van der Waals surface area (Å²) in [6.07, 6.45) is 1.81. The lowest BCUT2D eigenvalue weighted by molar-refractivity contribution is 0.161. The summed E-state index contributed by atoms with van der Waals surface area (Å²) in [5.41, 5.74) is 0. The van der Waals surface area contributed by atoms with E-state index in [2.05, 4.69) is 5.32 Å². The summed E-state index contributed by atoms with van der Waals surface area (Å²) < 4.78 is 31.2. The fourth-order valence-corrected chi connectivity index (χ4v) is 1.70. The van der Waals surface area contributed by atoms with Crippen molar-refractivity contribution in [2.75, 3.05) is 13.1 Å². The number of benzene rings is 1. The van der Waals surface area contributed by atoms with Crippen molar-refractivity contribution in [2.45, 2.75) is 18.9 Å². The van der Waals surface area contributed by atoms with Gasteiger partial charge < -0.3 is 10.1 Å². The minimum Gasteiger partial charge on any atom is -0.490 e. The third kappa shape index (κ3) is 3.61. The summed E-state index contributed by atoms with van der Waals surface area (Å²) >= 11 is 0. The van der Waals surface area contributed by atoms with Crippen LogP contribution in [0.25, 0.3) is 0 Å². The standard InChI is InChI=1S/C11H13F2NO.ClH/c12-8-5-9(13)7-11(6-8)15-10-1-3-14-4-2-10;/h5-7,10,14H,1-4H2;1H. The molecule has 0 spiro atoms. The van der Waals surface area contributed by atoms with Gasteiger partial charge in [0, 0.05) is 18.2 Å². The third-order valence-electron chi connectivity index (χ3n) is 2.42. The van der Waals surface area contributed by atoms with Crippen LogP contribution in [0.2, 0.25) is 0 Å². The number of piperidine rings is 1. The normalized spacial score (nSPS) is 16.6. The third-order valence-corrected chi connectivity index (χ3v) is 2.42. The summed E-state index contributed by atoms with van der Waals surface area (Å²) in [4.78, 5) is 0. The molecule has 0 saturated carbocycles. The van der Waals surface area contributed by atoms with Gasteiger partial charge in [-0.05, 0) is 25.9 Å². The molecular weight excluding hydrogens is 236 g/mol. The highest BCUT2D eigenvalue weighted by Gasteiger charge is 2.15. The Hall–Kier alpha value is -0.870. The first kappa shape index (κ1) is 13.2. The highest BCUT2D eigenvalue weighted by atomic mass is 35.5. The summed E-state index contributed by atoms with van der Waals surface area (Å²) in [6, 6.07) is 3.27. The fraction of sp³-hybridized carbons (Fsp3) is 0.455. The summed E-state index contributed by atoms with van der Waals surface area (Å²) in [6.45, 7) is 1.78. The topological polar surface area (TPSA) is 21.3 Å². The minimum atomic E-state index is -0.598. The average Bonchev–Trinajstić information content (AvgIpc) is 2.17. The molecule has 1 aliphatic rings. The Morgan fingerprint density at radius 2 is 1.62 bits per heavy atom. The number of ether oxygens (including phenoxy) is 1. The smallest absolute Gasteiger partial charge is 0.129 e. The number of hydrogen-bond donors (Lipinski definition) is 1. The molecule has 0 aromatic heterocycles. The Labute approximate surface area is 99.4 Å². The molecule has 1 aromatic carbocycles. The molecule has 0 unspecified atom stereocenters. The van der Waals surface area contributed by atoms with Crippen molar-refractivity contribution in [1.82, 2.24) is 5.32 Å². The van der Waals surface area contributed by atoms with Crippen LogP contribution in [0.4, 0.5) is 8.78 Å². The number of hydrogen-bond acceptors (Lipinski definition) is 2. The van der Waals surface area contributed by atoms with Crippen molar-refractivity contribution in [3.05, 3.63) is 29.8 Å². The first-order chi connectivity index (χ1) is 7.24. The molecule has 5 heteroatoms. The maximum atomic E-state index is 12.8. The van der Waals surface area contributed by atoms with Crippen LogP contribution < -0.4 is 10.1 Å². The van der Waals surface area contributed by atoms with Crippen molar-refractivity contribution < 1.29 is 13.5 Å². The highest BCUT2D eigenvalue weighted by Crippen LogP contribution is 2.19. The zero-order chi connectivity index (χ0) is 10.7. The van der Waals surface area contributed by atoms with E-state index in [0.29, 0.717) is 0 Å². The van der Waals surface area contributed by atoms with E-state index >= 15 is 0 Å². The van der Waals surface area contributed by atoms with Crippen molar-refractivity contribution in [1.29, 1.82) is 0 Å². The van der Waals surface area contributed by atoms with E-state index in [1.807, 2.05) is 0 Å². The molecule has 2 nitrogen and oxygen atoms in total. The van der Waals surface area contributed by atoms with E-state index in [0.717, 1.165) is 32.0 Å². The molecule has 0 atom stereocenters. The molecule has 1 aliphatic heterocycles. The van der Waals surface area contributed by atoms with Gasteiger partial charge in [-0.3, -0.25) is 0 Å². The SMILES string of the molecule is Cl.Fc1cc(F)cc(OC2CCNCC2)c1. The lowest BCUT2D eigenvalue weighted by atomic mass is 10.1. The first-order valence-electron chi connectivity index (χ1n) is 5.07. The van der Waals surface area contributed by atoms with E-state index in [4.69, 9.17) is 4.74 Å². The Kier molecular flexibility index (Phi) is 4.96. The highest BCUT2D eigenvalue weighted by molar-refractivity contribution is 5.85.